The molecule has 2 aromatic carbocycles. The number of rotatable bonds is 13. The molecular formula is C25H31FO5. The molecule has 0 heterocycles. The van der Waals surface area contributed by atoms with E-state index in [1.54, 1.807) is 0 Å². The average molecular weight is 431 g/mol. The lowest BCUT2D eigenvalue weighted by atomic mass is 10.1. The summed E-state index contributed by atoms with van der Waals surface area (Å²) in [6.07, 6.45) is 9.42. The van der Waals surface area contributed by atoms with Gasteiger partial charge < -0.3 is 14.2 Å². The average Bonchev–Trinajstić information content (AvgIpc) is 2.79. The minimum atomic E-state index is -0.635. The summed E-state index contributed by atoms with van der Waals surface area (Å²) < 4.78 is 28.8. The van der Waals surface area contributed by atoms with Crippen molar-refractivity contribution in [3.63, 3.8) is 0 Å². The molecule has 6 heteroatoms. The van der Waals surface area contributed by atoms with Crippen LogP contribution in [0.3, 0.4) is 0 Å². The molecule has 0 atom stereocenters. The molecular weight excluding hydrogens is 399 g/mol. The third-order valence-corrected chi connectivity index (χ3v) is 4.92. The Labute approximate surface area is 183 Å². The maximum absolute atomic E-state index is 13.3. The molecule has 0 radical (unpaired) electrons. The summed E-state index contributed by atoms with van der Waals surface area (Å²) in [7, 11) is 1.36. The van der Waals surface area contributed by atoms with Gasteiger partial charge in [-0.05, 0) is 42.8 Å². The van der Waals surface area contributed by atoms with Crippen molar-refractivity contribution in [1.29, 1.82) is 0 Å². The SMILES string of the molecule is CCCCCCCCCCOC(=O)c1ccc(C(=O)Oc2ccc(F)cc2OC)cc1. The van der Waals surface area contributed by atoms with Crippen LogP contribution >= 0.6 is 0 Å². The van der Waals surface area contributed by atoms with Crippen LogP contribution in [0.2, 0.25) is 0 Å². The van der Waals surface area contributed by atoms with E-state index >= 15 is 0 Å². The molecule has 0 saturated carbocycles. The molecule has 0 fully saturated rings. The van der Waals surface area contributed by atoms with Crippen LogP contribution in [-0.4, -0.2) is 25.7 Å². The van der Waals surface area contributed by atoms with E-state index in [0.29, 0.717) is 12.2 Å². The van der Waals surface area contributed by atoms with Crippen molar-refractivity contribution in [1.82, 2.24) is 0 Å². The summed E-state index contributed by atoms with van der Waals surface area (Å²) in [6, 6.07) is 9.66. The third-order valence-electron chi connectivity index (χ3n) is 4.92. The molecule has 31 heavy (non-hydrogen) atoms. The van der Waals surface area contributed by atoms with Crippen molar-refractivity contribution in [2.45, 2.75) is 58.3 Å². The summed E-state index contributed by atoms with van der Waals surface area (Å²) in [6.45, 7) is 2.60. The molecule has 5 nitrogen and oxygen atoms in total. The van der Waals surface area contributed by atoms with Gasteiger partial charge in [0.1, 0.15) is 5.82 Å². The Bertz CT molecular complexity index is 832. The summed E-state index contributed by atoms with van der Waals surface area (Å²) >= 11 is 0. The smallest absolute Gasteiger partial charge is 0.343 e. The van der Waals surface area contributed by atoms with E-state index in [-0.39, 0.29) is 17.1 Å². The highest BCUT2D eigenvalue weighted by Crippen LogP contribution is 2.28. The van der Waals surface area contributed by atoms with Crippen LogP contribution in [-0.2, 0) is 4.74 Å². The first-order valence-electron chi connectivity index (χ1n) is 10.9. The Morgan fingerprint density at radius 3 is 1.97 bits per heavy atom. The van der Waals surface area contributed by atoms with Gasteiger partial charge in [0.15, 0.2) is 11.5 Å². The fraction of sp³-hybridized carbons (Fsp3) is 0.440. The number of hydrogen-bond acceptors (Lipinski definition) is 5. The maximum atomic E-state index is 13.3. The summed E-state index contributed by atoms with van der Waals surface area (Å²) in [5.74, 6) is -1.31. The zero-order valence-corrected chi connectivity index (χ0v) is 18.3. The van der Waals surface area contributed by atoms with Crippen LogP contribution in [0.5, 0.6) is 11.5 Å². The summed E-state index contributed by atoms with van der Waals surface area (Å²) in [5, 5.41) is 0. The number of methoxy groups -OCH3 is 1. The van der Waals surface area contributed by atoms with Gasteiger partial charge in [0.25, 0.3) is 0 Å². The minimum absolute atomic E-state index is 0.114. The van der Waals surface area contributed by atoms with E-state index in [2.05, 4.69) is 6.92 Å². The van der Waals surface area contributed by atoms with Crippen molar-refractivity contribution in [3.8, 4) is 11.5 Å². The Balaban J connectivity index is 1.75. The first-order chi connectivity index (χ1) is 15.0. The Hall–Kier alpha value is -2.89. The van der Waals surface area contributed by atoms with Gasteiger partial charge >= 0.3 is 11.9 Å². The van der Waals surface area contributed by atoms with E-state index in [0.717, 1.165) is 25.3 Å². The molecule has 0 amide bonds. The lowest BCUT2D eigenvalue weighted by molar-refractivity contribution is 0.0497. The van der Waals surface area contributed by atoms with Crippen LogP contribution in [0.25, 0.3) is 0 Å². The zero-order chi connectivity index (χ0) is 22.5. The largest absolute Gasteiger partial charge is 0.493 e. The van der Waals surface area contributed by atoms with Crippen molar-refractivity contribution in [2.75, 3.05) is 13.7 Å². The summed E-state index contributed by atoms with van der Waals surface area (Å²) in [4.78, 5) is 24.5. The topological polar surface area (TPSA) is 61.8 Å². The molecule has 168 valence electrons. The van der Waals surface area contributed by atoms with Crippen molar-refractivity contribution in [2.24, 2.45) is 0 Å². The second-order valence-corrected chi connectivity index (χ2v) is 7.37. The third kappa shape index (κ3) is 8.40. The van der Waals surface area contributed by atoms with Gasteiger partial charge in [-0.1, -0.05) is 51.9 Å². The number of esters is 2. The molecule has 0 aliphatic rings. The van der Waals surface area contributed by atoms with E-state index in [9.17, 15) is 14.0 Å². The molecule has 0 spiro atoms. The lowest BCUT2D eigenvalue weighted by Crippen LogP contribution is -2.11. The number of unbranched alkanes of at least 4 members (excludes halogenated alkanes) is 7. The highest BCUT2D eigenvalue weighted by Gasteiger charge is 2.14. The molecule has 0 saturated heterocycles. The zero-order valence-electron chi connectivity index (χ0n) is 18.3. The number of carbonyl (C=O) groups is 2. The number of ether oxygens (including phenoxy) is 3. The van der Waals surface area contributed by atoms with Gasteiger partial charge in [0, 0.05) is 6.07 Å². The van der Waals surface area contributed by atoms with E-state index in [1.807, 2.05) is 0 Å². The first kappa shape index (κ1) is 24.4. The maximum Gasteiger partial charge on any atom is 0.343 e. The normalized spacial score (nSPS) is 10.5. The lowest BCUT2D eigenvalue weighted by Gasteiger charge is -2.09. The number of benzene rings is 2. The fourth-order valence-electron chi connectivity index (χ4n) is 3.11. The van der Waals surface area contributed by atoms with Gasteiger partial charge in [0.05, 0.1) is 24.8 Å². The van der Waals surface area contributed by atoms with Crippen LogP contribution in [0.1, 0.15) is 79.0 Å². The Kier molecular flexibility index (Phi) is 10.6. The number of hydrogen-bond donors (Lipinski definition) is 0. The fourth-order valence-corrected chi connectivity index (χ4v) is 3.11. The van der Waals surface area contributed by atoms with Crippen molar-refractivity contribution in [3.05, 3.63) is 59.4 Å². The number of carbonyl (C=O) groups excluding carboxylic acids is 2. The highest BCUT2D eigenvalue weighted by molar-refractivity contribution is 5.94. The van der Waals surface area contributed by atoms with Gasteiger partial charge in [-0.15, -0.1) is 0 Å². The van der Waals surface area contributed by atoms with Gasteiger partial charge in [-0.3, -0.25) is 0 Å². The van der Waals surface area contributed by atoms with E-state index < -0.39 is 17.8 Å². The second kappa shape index (κ2) is 13.4. The standard InChI is InChI=1S/C25H31FO5/c1-3-4-5-6-7-8-9-10-17-30-24(27)19-11-13-20(14-12-19)25(28)31-22-16-15-21(26)18-23(22)29-2/h11-16,18H,3-10,17H2,1-2H3. The predicted octanol–water partition coefficient (Wildman–Crippen LogP) is 6.35. The summed E-state index contributed by atoms with van der Waals surface area (Å²) in [5.41, 5.74) is 0.626. The van der Waals surface area contributed by atoms with Crippen LogP contribution < -0.4 is 9.47 Å². The Morgan fingerprint density at radius 1 is 0.774 bits per heavy atom. The van der Waals surface area contributed by atoms with Crippen LogP contribution in [0, 0.1) is 5.82 Å². The predicted molar refractivity (Wildman–Crippen MR) is 117 cm³/mol. The van der Waals surface area contributed by atoms with E-state index in [1.165, 1.54) is 75.6 Å². The van der Waals surface area contributed by atoms with Gasteiger partial charge in [-0.2, -0.15) is 0 Å². The Morgan fingerprint density at radius 2 is 1.35 bits per heavy atom. The van der Waals surface area contributed by atoms with Crippen LogP contribution in [0.15, 0.2) is 42.5 Å². The van der Waals surface area contributed by atoms with Gasteiger partial charge in [-0.25, -0.2) is 14.0 Å². The monoisotopic (exact) mass is 430 g/mol. The molecule has 2 aromatic rings. The van der Waals surface area contributed by atoms with E-state index in [4.69, 9.17) is 14.2 Å². The highest BCUT2D eigenvalue weighted by atomic mass is 19.1. The molecule has 0 N–H and O–H groups in total. The molecule has 0 aliphatic carbocycles. The molecule has 0 unspecified atom stereocenters. The first-order valence-corrected chi connectivity index (χ1v) is 10.9. The second-order valence-electron chi connectivity index (χ2n) is 7.37. The van der Waals surface area contributed by atoms with Crippen LogP contribution in [0.4, 0.5) is 4.39 Å². The molecule has 0 bridgehead atoms. The molecule has 0 aromatic heterocycles. The van der Waals surface area contributed by atoms with Crippen molar-refractivity contribution >= 4 is 11.9 Å². The van der Waals surface area contributed by atoms with Crippen molar-refractivity contribution < 1.29 is 28.2 Å². The molecule has 2 rings (SSSR count). The van der Waals surface area contributed by atoms with Gasteiger partial charge in [0.2, 0.25) is 0 Å². The quantitative estimate of drug-likeness (QED) is 0.210. The minimum Gasteiger partial charge on any atom is -0.493 e. The number of halogens is 1. The molecule has 0 aliphatic heterocycles.